The zero-order chi connectivity index (χ0) is 13.7. The summed E-state index contributed by atoms with van der Waals surface area (Å²) >= 11 is 6.00. The predicted molar refractivity (Wildman–Crippen MR) is 69.8 cm³/mol. The van der Waals surface area contributed by atoms with Crippen LogP contribution in [0.1, 0.15) is 22.8 Å². The van der Waals surface area contributed by atoms with Gasteiger partial charge < -0.3 is 9.64 Å². The van der Waals surface area contributed by atoms with Crippen LogP contribution in [-0.2, 0) is 9.53 Å². The van der Waals surface area contributed by atoms with Crippen LogP contribution in [0.2, 0.25) is 5.02 Å². The quantitative estimate of drug-likeness (QED) is 0.788. The maximum absolute atomic E-state index is 12.1. The van der Waals surface area contributed by atoms with Crippen molar-refractivity contribution in [3.63, 3.8) is 0 Å². The standard InChI is InChI=1S/C13H16ClNO3/c1-4-18-12(16)8-15(3)13(17)10-6-5-9(2)7-11(10)14/h5-7H,4,8H2,1-3H3. The molecule has 0 aliphatic heterocycles. The van der Waals surface area contributed by atoms with Gasteiger partial charge in [0.15, 0.2) is 0 Å². The van der Waals surface area contributed by atoms with Crippen LogP contribution in [-0.4, -0.2) is 37.0 Å². The van der Waals surface area contributed by atoms with Crippen LogP contribution < -0.4 is 0 Å². The molecule has 0 atom stereocenters. The predicted octanol–water partition coefficient (Wildman–Crippen LogP) is 2.28. The fourth-order valence-electron chi connectivity index (χ4n) is 1.47. The first kappa shape index (κ1) is 14.5. The summed E-state index contributed by atoms with van der Waals surface area (Å²) in [6, 6.07) is 5.17. The summed E-state index contributed by atoms with van der Waals surface area (Å²) in [5.74, 6) is -0.732. The fourth-order valence-corrected chi connectivity index (χ4v) is 1.79. The maximum Gasteiger partial charge on any atom is 0.325 e. The second kappa shape index (κ2) is 6.40. The van der Waals surface area contributed by atoms with Crippen molar-refractivity contribution in [3.05, 3.63) is 34.3 Å². The highest BCUT2D eigenvalue weighted by molar-refractivity contribution is 6.33. The zero-order valence-corrected chi connectivity index (χ0v) is 11.5. The molecule has 0 fully saturated rings. The Morgan fingerprint density at radius 1 is 1.39 bits per heavy atom. The number of ether oxygens (including phenoxy) is 1. The number of rotatable bonds is 4. The van der Waals surface area contributed by atoms with E-state index in [1.807, 2.05) is 6.92 Å². The van der Waals surface area contributed by atoms with Gasteiger partial charge in [-0.3, -0.25) is 9.59 Å². The number of aryl methyl sites for hydroxylation is 1. The fraction of sp³-hybridized carbons (Fsp3) is 0.385. The number of nitrogens with zero attached hydrogens (tertiary/aromatic N) is 1. The molecule has 1 aromatic rings. The minimum absolute atomic E-state index is 0.0864. The van der Waals surface area contributed by atoms with E-state index in [-0.39, 0.29) is 12.5 Å². The average molecular weight is 270 g/mol. The molecule has 1 aromatic carbocycles. The number of esters is 1. The van der Waals surface area contributed by atoms with Gasteiger partial charge in [-0.05, 0) is 31.5 Å². The number of halogens is 1. The molecule has 0 unspecified atom stereocenters. The lowest BCUT2D eigenvalue weighted by molar-refractivity contribution is -0.143. The SMILES string of the molecule is CCOC(=O)CN(C)C(=O)c1ccc(C)cc1Cl. The van der Waals surface area contributed by atoms with Gasteiger partial charge in [0.1, 0.15) is 6.54 Å². The van der Waals surface area contributed by atoms with Crippen molar-refractivity contribution < 1.29 is 14.3 Å². The Hall–Kier alpha value is -1.55. The summed E-state index contributed by atoms with van der Waals surface area (Å²) in [4.78, 5) is 24.6. The van der Waals surface area contributed by atoms with E-state index in [0.717, 1.165) is 5.56 Å². The van der Waals surface area contributed by atoms with E-state index >= 15 is 0 Å². The lowest BCUT2D eigenvalue weighted by Crippen LogP contribution is -2.33. The third-order valence-corrected chi connectivity index (χ3v) is 2.69. The molecule has 0 saturated carbocycles. The monoisotopic (exact) mass is 269 g/mol. The van der Waals surface area contributed by atoms with Gasteiger partial charge in [-0.25, -0.2) is 0 Å². The number of amides is 1. The molecule has 98 valence electrons. The number of likely N-dealkylation sites (N-methyl/N-ethyl adjacent to an activating group) is 1. The van der Waals surface area contributed by atoms with Crippen LogP contribution in [0.5, 0.6) is 0 Å². The molecule has 0 aromatic heterocycles. The van der Waals surface area contributed by atoms with Crippen LogP contribution >= 0.6 is 11.6 Å². The summed E-state index contributed by atoms with van der Waals surface area (Å²) in [6.45, 7) is 3.82. The molecule has 0 saturated heterocycles. The van der Waals surface area contributed by atoms with Crippen molar-refractivity contribution in [1.82, 2.24) is 4.90 Å². The number of hydrogen-bond donors (Lipinski definition) is 0. The van der Waals surface area contributed by atoms with Gasteiger partial charge >= 0.3 is 5.97 Å². The molecular weight excluding hydrogens is 254 g/mol. The Morgan fingerprint density at radius 3 is 2.61 bits per heavy atom. The van der Waals surface area contributed by atoms with E-state index in [1.54, 1.807) is 25.1 Å². The molecule has 18 heavy (non-hydrogen) atoms. The van der Waals surface area contributed by atoms with Crippen LogP contribution in [0.3, 0.4) is 0 Å². The van der Waals surface area contributed by atoms with Crippen molar-refractivity contribution >= 4 is 23.5 Å². The van der Waals surface area contributed by atoms with Crippen molar-refractivity contribution in [2.75, 3.05) is 20.2 Å². The minimum atomic E-state index is -0.434. The summed E-state index contributed by atoms with van der Waals surface area (Å²) in [7, 11) is 1.54. The molecule has 0 aliphatic carbocycles. The van der Waals surface area contributed by atoms with Crippen molar-refractivity contribution in [2.24, 2.45) is 0 Å². The van der Waals surface area contributed by atoms with Crippen molar-refractivity contribution in [3.8, 4) is 0 Å². The molecule has 1 amide bonds. The minimum Gasteiger partial charge on any atom is -0.465 e. The highest BCUT2D eigenvalue weighted by Gasteiger charge is 2.17. The van der Waals surface area contributed by atoms with Gasteiger partial charge in [0.2, 0.25) is 0 Å². The first-order chi connectivity index (χ1) is 8.45. The Bertz CT molecular complexity index is 460. The normalized spacial score (nSPS) is 10.0. The van der Waals surface area contributed by atoms with E-state index < -0.39 is 5.97 Å². The van der Waals surface area contributed by atoms with Crippen LogP contribution in [0.4, 0.5) is 0 Å². The zero-order valence-electron chi connectivity index (χ0n) is 10.7. The van der Waals surface area contributed by atoms with Crippen molar-refractivity contribution in [1.29, 1.82) is 0 Å². The van der Waals surface area contributed by atoms with E-state index in [4.69, 9.17) is 16.3 Å². The third-order valence-electron chi connectivity index (χ3n) is 2.37. The molecule has 4 nitrogen and oxygen atoms in total. The first-order valence-electron chi connectivity index (χ1n) is 5.63. The lowest BCUT2D eigenvalue weighted by Gasteiger charge is -2.17. The molecule has 0 bridgehead atoms. The third kappa shape index (κ3) is 3.74. The first-order valence-corrected chi connectivity index (χ1v) is 6.00. The van der Waals surface area contributed by atoms with Gasteiger partial charge in [-0.2, -0.15) is 0 Å². The van der Waals surface area contributed by atoms with Gasteiger partial charge in [0.25, 0.3) is 5.91 Å². The van der Waals surface area contributed by atoms with Crippen LogP contribution in [0, 0.1) is 6.92 Å². The van der Waals surface area contributed by atoms with E-state index in [2.05, 4.69) is 0 Å². The van der Waals surface area contributed by atoms with E-state index in [9.17, 15) is 9.59 Å². The molecule has 0 N–H and O–H groups in total. The maximum atomic E-state index is 12.1. The molecule has 0 radical (unpaired) electrons. The molecule has 0 spiro atoms. The van der Waals surface area contributed by atoms with Crippen molar-refractivity contribution in [2.45, 2.75) is 13.8 Å². The molecule has 1 rings (SSSR count). The van der Waals surface area contributed by atoms with Gasteiger partial charge in [0.05, 0.1) is 17.2 Å². The number of carbonyl (C=O) groups excluding carboxylic acids is 2. The second-order valence-electron chi connectivity index (χ2n) is 3.95. The Kier molecular flexibility index (Phi) is 5.16. The number of hydrogen-bond acceptors (Lipinski definition) is 3. The van der Waals surface area contributed by atoms with Crippen LogP contribution in [0.25, 0.3) is 0 Å². The van der Waals surface area contributed by atoms with Gasteiger partial charge in [0, 0.05) is 7.05 Å². The largest absolute Gasteiger partial charge is 0.465 e. The van der Waals surface area contributed by atoms with Crippen LogP contribution in [0.15, 0.2) is 18.2 Å². The summed E-state index contributed by atoms with van der Waals surface area (Å²) in [6.07, 6.45) is 0. The van der Waals surface area contributed by atoms with Gasteiger partial charge in [-0.15, -0.1) is 0 Å². The summed E-state index contributed by atoms with van der Waals surface area (Å²) in [5, 5.41) is 0.385. The summed E-state index contributed by atoms with van der Waals surface area (Å²) < 4.78 is 4.78. The highest BCUT2D eigenvalue weighted by Crippen LogP contribution is 2.18. The number of benzene rings is 1. The van der Waals surface area contributed by atoms with Gasteiger partial charge in [-0.1, -0.05) is 17.7 Å². The second-order valence-corrected chi connectivity index (χ2v) is 4.36. The smallest absolute Gasteiger partial charge is 0.325 e. The molecule has 0 heterocycles. The Labute approximate surface area is 111 Å². The molecule has 5 heteroatoms. The lowest BCUT2D eigenvalue weighted by atomic mass is 10.1. The molecule has 0 aliphatic rings. The summed E-state index contributed by atoms with van der Waals surface area (Å²) in [5.41, 5.74) is 1.36. The Balaban J connectivity index is 2.77. The molecular formula is C13H16ClNO3. The topological polar surface area (TPSA) is 46.6 Å². The average Bonchev–Trinajstić information content (AvgIpc) is 2.28. The Morgan fingerprint density at radius 2 is 2.06 bits per heavy atom. The number of carbonyl (C=O) groups is 2. The van der Waals surface area contributed by atoms with E-state index in [0.29, 0.717) is 17.2 Å². The highest BCUT2D eigenvalue weighted by atomic mass is 35.5. The van der Waals surface area contributed by atoms with E-state index in [1.165, 1.54) is 11.9 Å².